The van der Waals surface area contributed by atoms with Crippen LogP contribution in [0.2, 0.25) is 0 Å². The van der Waals surface area contributed by atoms with E-state index in [9.17, 15) is 9.59 Å². The van der Waals surface area contributed by atoms with Crippen LogP contribution >= 0.6 is 11.8 Å². The molecule has 0 saturated carbocycles. The highest BCUT2D eigenvalue weighted by molar-refractivity contribution is 7.99. The predicted molar refractivity (Wildman–Crippen MR) is 187 cm³/mol. The van der Waals surface area contributed by atoms with Crippen molar-refractivity contribution < 1.29 is 23.8 Å². The number of rotatable bonds is 13. The highest BCUT2D eigenvalue weighted by atomic mass is 32.2. The van der Waals surface area contributed by atoms with Gasteiger partial charge >= 0.3 is 0 Å². The van der Waals surface area contributed by atoms with Crippen LogP contribution in [0.5, 0.6) is 17.2 Å². The van der Waals surface area contributed by atoms with Crippen molar-refractivity contribution in [2.24, 2.45) is 5.10 Å². The monoisotopic (exact) mass is 676 g/mol. The maximum absolute atomic E-state index is 14.1. The number of carbonyl (C=O) groups is 2. The fraction of sp³-hybridized carbons (Fsp3) is 0.216. The summed E-state index contributed by atoms with van der Waals surface area (Å²) in [6, 6.07) is 32.0. The van der Waals surface area contributed by atoms with Crippen molar-refractivity contribution >= 4 is 29.3 Å². The van der Waals surface area contributed by atoms with Gasteiger partial charge in [-0.25, -0.2) is 5.01 Å². The van der Waals surface area contributed by atoms with Gasteiger partial charge in [0.05, 0.1) is 51.8 Å². The summed E-state index contributed by atoms with van der Waals surface area (Å²) in [4.78, 5) is 26.8. The molecular formula is C37H36N6O5S. The summed E-state index contributed by atoms with van der Waals surface area (Å²) < 4.78 is 18.5. The van der Waals surface area contributed by atoms with E-state index in [2.05, 4.69) is 15.5 Å². The van der Waals surface area contributed by atoms with Crippen LogP contribution in [0.25, 0.3) is 5.69 Å². The standard InChI is InChI=1S/C37H36N6O5S/c1-46-28-19-17-26(18-20-28)30-22-31(29-15-10-16-32(47-2)36(29)48-3)43(41-30)35(45)24-49-37-40-39-33(42(37)27-13-8-5-9-14-27)23-38-34(44)21-25-11-6-4-7-12-25/h4-20,31H,21-24H2,1-3H3,(H,38,44). The van der Waals surface area contributed by atoms with Crippen LogP contribution in [0.1, 0.15) is 35.0 Å². The van der Waals surface area contributed by atoms with E-state index >= 15 is 0 Å². The summed E-state index contributed by atoms with van der Waals surface area (Å²) in [6.07, 6.45) is 0.726. The third kappa shape index (κ3) is 7.60. The molecular weight excluding hydrogens is 641 g/mol. The van der Waals surface area contributed by atoms with E-state index in [1.165, 1.54) is 16.8 Å². The van der Waals surface area contributed by atoms with E-state index in [4.69, 9.17) is 19.3 Å². The Morgan fingerprint density at radius 2 is 1.57 bits per heavy atom. The van der Waals surface area contributed by atoms with Gasteiger partial charge in [0.2, 0.25) is 5.91 Å². The molecule has 1 aromatic heterocycles. The average molecular weight is 677 g/mol. The summed E-state index contributed by atoms with van der Waals surface area (Å²) >= 11 is 1.26. The molecule has 1 aliphatic rings. The highest BCUT2D eigenvalue weighted by Gasteiger charge is 2.36. The summed E-state index contributed by atoms with van der Waals surface area (Å²) in [5.74, 6) is 2.08. The van der Waals surface area contributed by atoms with Gasteiger partial charge in [0.1, 0.15) is 5.75 Å². The van der Waals surface area contributed by atoms with Gasteiger partial charge < -0.3 is 19.5 Å². The Morgan fingerprint density at radius 3 is 2.27 bits per heavy atom. The first-order valence-electron chi connectivity index (χ1n) is 15.7. The minimum absolute atomic E-state index is 0.0352. The minimum atomic E-state index is -0.433. The lowest BCUT2D eigenvalue weighted by molar-refractivity contribution is -0.130. The van der Waals surface area contributed by atoms with Crippen molar-refractivity contribution in [3.63, 3.8) is 0 Å². The third-order valence-electron chi connectivity index (χ3n) is 8.07. The Balaban J connectivity index is 1.25. The summed E-state index contributed by atoms with van der Waals surface area (Å²) in [5, 5.41) is 18.7. The zero-order chi connectivity index (χ0) is 34.2. The van der Waals surface area contributed by atoms with Crippen molar-refractivity contribution in [1.82, 2.24) is 25.1 Å². The van der Waals surface area contributed by atoms with Gasteiger partial charge in [0, 0.05) is 17.7 Å². The Labute approximate surface area is 288 Å². The number of thioether (sulfide) groups is 1. The zero-order valence-corrected chi connectivity index (χ0v) is 28.2. The number of benzene rings is 4. The molecule has 0 bridgehead atoms. The first-order chi connectivity index (χ1) is 24.0. The molecule has 0 spiro atoms. The van der Waals surface area contributed by atoms with Gasteiger partial charge in [-0.2, -0.15) is 5.10 Å². The van der Waals surface area contributed by atoms with Gasteiger partial charge in [-0.1, -0.05) is 72.4 Å². The number of para-hydroxylation sites is 2. The van der Waals surface area contributed by atoms with Crippen LogP contribution in [-0.2, 0) is 22.6 Å². The van der Waals surface area contributed by atoms with E-state index < -0.39 is 6.04 Å². The van der Waals surface area contributed by atoms with Gasteiger partial charge in [0.25, 0.3) is 5.91 Å². The summed E-state index contributed by atoms with van der Waals surface area (Å²) in [5.41, 5.74) is 4.17. The summed E-state index contributed by atoms with van der Waals surface area (Å²) in [6.45, 7) is 0.168. The maximum atomic E-state index is 14.1. The number of carbonyl (C=O) groups excluding carboxylic acids is 2. The summed E-state index contributed by atoms with van der Waals surface area (Å²) in [7, 11) is 4.79. The fourth-order valence-corrected chi connectivity index (χ4v) is 6.50. The van der Waals surface area contributed by atoms with Crippen molar-refractivity contribution in [2.45, 2.75) is 30.6 Å². The molecule has 5 aromatic rings. The number of amides is 2. The number of methoxy groups -OCH3 is 3. The normalized spacial score (nSPS) is 13.9. The largest absolute Gasteiger partial charge is 0.497 e. The number of ether oxygens (including phenoxy) is 3. The molecule has 2 amide bonds. The predicted octanol–water partition coefficient (Wildman–Crippen LogP) is 5.62. The van der Waals surface area contributed by atoms with E-state index in [-0.39, 0.29) is 30.5 Å². The lowest BCUT2D eigenvalue weighted by Crippen LogP contribution is -2.29. The number of hydrogen-bond acceptors (Lipinski definition) is 9. The number of nitrogens with one attached hydrogen (secondary N) is 1. The van der Waals surface area contributed by atoms with Crippen LogP contribution in [0.3, 0.4) is 0 Å². The molecule has 6 rings (SSSR count). The van der Waals surface area contributed by atoms with Gasteiger partial charge in [0.15, 0.2) is 22.5 Å². The first kappa shape index (κ1) is 33.3. The Morgan fingerprint density at radius 1 is 0.837 bits per heavy atom. The van der Waals surface area contributed by atoms with Crippen molar-refractivity contribution in [3.05, 3.63) is 126 Å². The third-order valence-corrected chi connectivity index (χ3v) is 8.99. The van der Waals surface area contributed by atoms with Crippen LogP contribution < -0.4 is 19.5 Å². The molecule has 250 valence electrons. The first-order valence-corrected chi connectivity index (χ1v) is 16.7. The molecule has 0 fully saturated rings. The lowest BCUT2D eigenvalue weighted by atomic mass is 9.97. The van der Waals surface area contributed by atoms with Crippen LogP contribution in [0.15, 0.2) is 113 Å². The van der Waals surface area contributed by atoms with Gasteiger partial charge in [-0.05, 0) is 53.6 Å². The van der Waals surface area contributed by atoms with E-state index in [1.54, 1.807) is 21.3 Å². The molecule has 11 nitrogen and oxygen atoms in total. The second-order valence-corrected chi connectivity index (χ2v) is 12.1. The minimum Gasteiger partial charge on any atom is -0.497 e. The number of aromatic nitrogens is 3. The molecule has 1 aliphatic heterocycles. The highest BCUT2D eigenvalue weighted by Crippen LogP contribution is 2.42. The number of nitrogens with zero attached hydrogens (tertiary/aromatic N) is 5. The van der Waals surface area contributed by atoms with E-state index in [1.807, 2.05) is 108 Å². The van der Waals surface area contributed by atoms with Crippen LogP contribution in [-0.4, -0.2) is 64.4 Å². The molecule has 0 saturated heterocycles. The second kappa shape index (κ2) is 15.5. The average Bonchev–Trinajstić information content (AvgIpc) is 3.78. The molecule has 1 atom stereocenters. The number of hydrazone groups is 1. The fourth-order valence-electron chi connectivity index (χ4n) is 5.67. The van der Waals surface area contributed by atoms with Crippen molar-refractivity contribution in [2.75, 3.05) is 27.1 Å². The Bertz CT molecular complexity index is 1930. The lowest BCUT2D eigenvalue weighted by Gasteiger charge is -2.24. The molecule has 49 heavy (non-hydrogen) atoms. The number of hydrogen-bond donors (Lipinski definition) is 1. The molecule has 1 unspecified atom stereocenters. The smallest absolute Gasteiger partial charge is 0.253 e. The van der Waals surface area contributed by atoms with Crippen LogP contribution in [0.4, 0.5) is 0 Å². The Hall–Kier alpha value is -5.62. The molecule has 0 aliphatic carbocycles. The van der Waals surface area contributed by atoms with E-state index in [0.29, 0.717) is 28.9 Å². The zero-order valence-electron chi connectivity index (χ0n) is 27.4. The topological polar surface area (TPSA) is 120 Å². The molecule has 1 N–H and O–H groups in total. The quantitative estimate of drug-likeness (QED) is 0.160. The van der Waals surface area contributed by atoms with Gasteiger partial charge in [-0.3, -0.25) is 14.2 Å². The SMILES string of the molecule is COc1ccc(C2=NN(C(=O)CSc3nnc(CNC(=O)Cc4ccccc4)n3-c3ccccc3)C(c3cccc(OC)c3OC)C2)cc1. The molecule has 4 aromatic carbocycles. The van der Waals surface area contributed by atoms with Crippen molar-refractivity contribution in [3.8, 4) is 22.9 Å². The van der Waals surface area contributed by atoms with Gasteiger partial charge in [-0.15, -0.1) is 10.2 Å². The second-order valence-electron chi connectivity index (χ2n) is 11.1. The molecule has 0 radical (unpaired) electrons. The van der Waals surface area contributed by atoms with Crippen LogP contribution in [0, 0.1) is 0 Å². The van der Waals surface area contributed by atoms with Crippen molar-refractivity contribution in [1.29, 1.82) is 0 Å². The maximum Gasteiger partial charge on any atom is 0.253 e. The molecule has 12 heteroatoms. The molecule has 2 heterocycles. The van der Waals surface area contributed by atoms with E-state index in [0.717, 1.165) is 33.8 Å². The Kier molecular flexibility index (Phi) is 10.5.